The monoisotopic (exact) mass is 622 g/mol. The average Bonchev–Trinajstić information content (AvgIpc) is 3.62. The van der Waals surface area contributed by atoms with Gasteiger partial charge in [-0.15, -0.1) is 20.5 Å². The summed E-state index contributed by atoms with van der Waals surface area (Å²) in [6.45, 7) is 14.2. The first-order chi connectivity index (χ1) is 22.5. The van der Waals surface area contributed by atoms with Crippen LogP contribution in [0.5, 0.6) is 0 Å². The summed E-state index contributed by atoms with van der Waals surface area (Å²) >= 11 is 0. The third kappa shape index (κ3) is 6.85. The van der Waals surface area contributed by atoms with Crippen molar-refractivity contribution in [2.75, 3.05) is 10.6 Å². The molecule has 0 amide bonds. The molecule has 0 saturated heterocycles. The fourth-order valence-corrected chi connectivity index (χ4v) is 5.26. The highest BCUT2D eigenvalue weighted by Gasteiger charge is 2.17. The number of nitriles is 3. The van der Waals surface area contributed by atoms with Crippen LogP contribution in [-0.2, 0) is 0 Å². The van der Waals surface area contributed by atoms with E-state index in [0.717, 1.165) is 44.8 Å². The van der Waals surface area contributed by atoms with Gasteiger partial charge in [-0.25, -0.2) is 4.98 Å². The van der Waals surface area contributed by atoms with Crippen molar-refractivity contribution in [1.82, 2.24) is 24.9 Å². The number of aromatic amines is 2. The Bertz CT molecular complexity index is 2140. The molecular formula is C33H30N14. The number of pyridine rings is 1. The zero-order chi connectivity index (χ0) is 33.8. The van der Waals surface area contributed by atoms with Gasteiger partial charge in [0.1, 0.15) is 29.7 Å². The molecule has 0 saturated carbocycles. The number of aryl methyl sites for hydroxylation is 7. The maximum Gasteiger partial charge on any atom is 0.250 e. The van der Waals surface area contributed by atoms with E-state index in [-0.39, 0.29) is 34.8 Å². The van der Waals surface area contributed by atoms with Gasteiger partial charge in [-0.3, -0.25) is 0 Å². The minimum absolute atomic E-state index is 0.00604. The van der Waals surface area contributed by atoms with Gasteiger partial charge >= 0.3 is 0 Å². The van der Waals surface area contributed by atoms with Gasteiger partial charge < -0.3 is 20.6 Å². The van der Waals surface area contributed by atoms with E-state index in [1.165, 1.54) is 5.56 Å². The summed E-state index contributed by atoms with van der Waals surface area (Å²) < 4.78 is 0. The van der Waals surface area contributed by atoms with Crippen LogP contribution >= 0.6 is 0 Å². The number of hydrogen-bond acceptors (Lipinski definition) is 12. The summed E-state index contributed by atoms with van der Waals surface area (Å²) in [7, 11) is 0. The molecule has 0 bridgehead atoms. The first-order valence-corrected chi connectivity index (χ1v) is 14.4. The predicted molar refractivity (Wildman–Crippen MR) is 177 cm³/mol. The zero-order valence-electron chi connectivity index (χ0n) is 26.9. The second kappa shape index (κ2) is 13.1. The molecule has 47 heavy (non-hydrogen) atoms. The minimum atomic E-state index is -0.108. The molecule has 0 fully saturated rings. The lowest BCUT2D eigenvalue weighted by atomic mass is 10.0. The van der Waals surface area contributed by atoms with Crippen molar-refractivity contribution < 1.29 is 0 Å². The van der Waals surface area contributed by atoms with E-state index in [4.69, 9.17) is 15.5 Å². The molecule has 0 atom stereocenters. The van der Waals surface area contributed by atoms with E-state index >= 15 is 0 Å². The number of nitrogens with one attached hydrogen (secondary N) is 4. The number of rotatable bonds is 8. The van der Waals surface area contributed by atoms with E-state index in [9.17, 15) is 5.26 Å². The summed E-state index contributed by atoms with van der Waals surface area (Å²) in [5, 5.41) is 51.5. The molecule has 0 unspecified atom stereocenters. The van der Waals surface area contributed by atoms with Gasteiger partial charge in [-0.2, -0.15) is 25.8 Å². The highest BCUT2D eigenvalue weighted by molar-refractivity contribution is 5.77. The fraction of sp³-hybridized carbons (Fsp3) is 0.212. The van der Waals surface area contributed by atoms with E-state index in [1.807, 2.05) is 39.0 Å². The summed E-state index contributed by atoms with van der Waals surface area (Å²) in [6, 6.07) is 15.9. The summed E-state index contributed by atoms with van der Waals surface area (Å²) in [4.78, 5) is 18.4. The Hall–Kier alpha value is -6.72. The Labute approximate surface area is 271 Å². The van der Waals surface area contributed by atoms with Crippen LogP contribution in [0.1, 0.15) is 56.0 Å². The van der Waals surface area contributed by atoms with Crippen LogP contribution in [0, 0.1) is 82.5 Å². The van der Waals surface area contributed by atoms with Crippen LogP contribution in [0.25, 0.3) is 0 Å². The van der Waals surface area contributed by atoms with E-state index < -0.39 is 0 Å². The molecule has 5 rings (SSSR count). The lowest BCUT2D eigenvalue weighted by molar-refractivity contribution is 1.06. The van der Waals surface area contributed by atoms with Crippen LogP contribution in [0.3, 0.4) is 0 Å². The van der Waals surface area contributed by atoms with Crippen LogP contribution in [-0.4, -0.2) is 24.9 Å². The number of benzene rings is 2. The Morgan fingerprint density at radius 1 is 0.574 bits per heavy atom. The number of hydrogen-bond donors (Lipinski definition) is 4. The molecule has 5 aromatic rings. The Kier molecular flexibility index (Phi) is 8.84. The third-order valence-corrected chi connectivity index (χ3v) is 7.21. The van der Waals surface area contributed by atoms with Gasteiger partial charge in [0, 0.05) is 11.4 Å². The molecule has 0 spiro atoms. The van der Waals surface area contributed by atoms with Gasteiger partial charge in [-0.1, -0.05) is 35.4 Å². The van der Waals surface area contributed by atoms with Crippen molar-refractivity contribution in [2.45, 2.75) is 48.5 Å². The fourth-order valence-electron chi connectivity index (χ4n) is 5.26. The molecule has 2 aromatic carbocycles. The summed E-state index contributed by atoms with van der Waals surface area (Å²) in [5.41, 5.74) is 9.57. The number of imidazole rings is 2. The number of anilines is 4. The molecule has 0 aliphatic rings. The molecule has 3 heterocycles. The number of azo groups is 2. The quantitative estimate of drug-likeness (QED) is 0.122. The van der Waals surface area contributed by atoms with Crippen molar-refractivity contribution in [3.63, 3.8) is 0 Å². The third-order valence-electron chi connectivity index (χ3n) is 7.21. The molecule has 0 aliphatic heterocycles. The summed E-state index contributed by atoms with van der Waals surface area (Å²) in [6.07, 6.45) is 0. The smallest absolute Gasteiger partial charge is 0.250 e. The second-order valence-electron chi connectivity index (χ2n) is 11.1. The van der Waals surface area contributed by atoms with Crippen molar-refractivity contribution >= 4 is 46.4 Å². The standard InChI is InChI=1S/C33H30N14/c1-16-8-18(3)27(19(4)9-16)40-26-12-22(7)29(31(41-26)42-28-20(5)10-17(2)11-21(28)6)44-45-30-25(15-36)39-33(43-30)47-46-32-37-23(13-34)24(14-35)38-32/h8-12H,1-7H3,(H,37,38)(H,39,43)(H2,40,41,42). The van der Waals surface area contributed by atoms with Crippen molar-refractivity contribution in [1.29, 1.82) is 15.8 Å². The predicted octanol–water partition coefficient (Wildman–Crippen LogP) is 8.62. The average molecular weight is 623 g/mol. The Balaban J connectivity index is 1.53. The lowest BCUT2D eigenvalue weighted by Crippen LogP contribution is -2.04. The molecule has 4 N–H and O–H groups in total. The number of aromatic nitrogens is 5. The molecule has 3 aromatic heterocycles. The SMILES string of the molecule is Cc1cc(C)c(Nc2cc(C)c(N=Nc3nc(N=Nc4nc(C#N)c(C#N)[nH]4)[nH]c3C#N)c(Nc3c(C)cc(C)cc3C)n2)c(C)c1. The van der Waals surface area contributed by atoms with Gasteiger partial charge in [0.15, 0.2) is 22.9 Å². The second-order valence-corrected chi connectivity index (χ2v) is 11.1. The molecule has 0 aliphatic carbocycles. The first-order valence-electron chi connectivity index (χ1n) is 14.4. The van der Waals surface area contributed by atoms with E-state index in [2.05, 4.69) is 103 Å². The molecule has 14 nitrogen and oxygen atoms in total. The Morgan fingerprint density at radius 3 is 1.64 bits per heavy atom. The molecule has 232 valence electrons. The van der Waals surface area contributed by atoms with Crippen LogP contribution in [0.4, 0.5) is 46.4 Å². The molecule has 0 radical (unpaired) electrons. The number of H-pyrrole nitrogens is 2. The highest BCUT2D eigenvalue weighted by atomic mass is 15.3. The van der Waals surface area contributed by atoms with E-state index in [0.29, 0.717) is 17.3 Å². The van der Waals surface area contributed by atoms with Gasteiger partial charge in [-0.05, 0) is 82.3 Å². The molecular weight excluding hydrogens is 592 g/mol. The van der Waals surface area contributed by atoms with Gasteiger partial charge in [0.05, 0.1) is 0 Å². The highest BCUT2D eigenvalue weighted by Crippen LogP contribution is 2.37. The van der Waals surface area contributed by atoms with Gasteiger partial charge in [0.2, 0.25) is 17.7 Å². The molecule has 14 heteroatoms. The topological polar surface area (TPSA) is 215 Å². The largest absolute Gasteiger partial charge is 0.340 e. The summed E-state index contributed by atoms with van der Waals surface area (Å²) in [5.74, 6) is 0.949. The van der Waals surface area contributed by atoms with Crippen molar-refractivity contribution in [3.05, 3.63) is 86.4 Å². The minimum Gasteiger partial charge on any atom is -0.340 e. The van der Waals surface area contributed by atoms with Crippen molar-refractivity contribution in [2.24, 2.45) is 20.5 Å². The maximum atomic E-state index is 9.72. The van der Waals surface area contributed by atoms with E-state index in [1.54, 1.807) is 6.07 Å². The van der Waals surface area contributed by atoms with Crippen LogP contribution in [0.2, 0.25) is 0 Å². The zero-order valence-corrected chi connectivity index (χ0v) is 26.9. The lowest BCUT2D eigenvalue weighted by Gasteiger charge is -2.18. The number of nitrogens with zero attached hydrogens (tertiary/aromatic N) is 10. The van der Waals surface area contributed by atoms with Crippen molar-refractivity contribution in [3.8, 4) is 18.2 Å². The normalized spacial score (nSPS) is 11.1. The maximum absolute atomic E-state index is 9.72. The van der Waals surface area contributed by atoms with Gasteiger partial charge in [0.25, 0.3) is 0 Å². The Morgan fingerprint density at radius 2 is 1.11 bits per heavy atom. The first kappa shape index (κ1) is 31.7. The van der Waals surface area contributed by atoms with Crippen LogP contribution in [0.15, 0.2) is 50.8 Å². The van der Waals surface area contributed by atoms with Crippen LogP contribution < -0.4 is 10.6 Å².